The van der Waals surface area contributed by atoms with E-state index >= 15 is 0 Å². The van der Waals surface area contributed by atoms with Crippen molar-refractivity contribution in [2.45, 2.75) is 19.8 Å². The third-order valence-electron chi connectivity index (χ3n) is 3.02. The van der Waals surface area contributed by atoms with Gasteiger partial charge in [-0.25, -0.2) is 4.90 Å². The predicted molar refractivity (Wildman–Crippen MR) is 61.4 cm³/mol. The van der Waals surface area contributed by atoms with Crippen LogP contribution in [0.3, 0.4) is 0 Å². The van der Waals surface area contributed by atoms with Gasteiger partial charge in [0.2, 0.25) is 11.3 Å². The van der Waals surface area contributed by atoms with Gasteiger partial charge in [-0.05, 0) is 24.5 Å². The molecule has 1 unspecified atom stereocenters. The van der Waals surface area contributed by atoms with Crippen LogP contribution in [0.25, 0.3) is 4.98 Å². The molecule has 1 aliphatic rings. The van der Waals surface area contributed by atoms with Crippen LogP contribution in [0.4, 0.5) is 5.69 Å². The third-order valence-corrected chi connectivity index (χ3v) is 3.02. The van der Waals surface area contributed by atoms with Gasteiger partial charge in [0.05, 0.1) is 5.69 Å². The summed E-state index contributed by atoms with van der Waals surface area (Å²) in [5, 5.41) is 8.67. The number of fused-ring (bicyclic) bond motifs is 1. The van der Waals surface area contributed by atoms with Crippen molar-refractivity contribution in [1.29, 1.82) is 5.39 Å². The Balaban J connectivity index is 2.45. The molecular formula is C12H14N3O+. The van der Waals surface area contributed by atoms with Gasteiger partial charge in [0.15, 0.2) is 0 Å². The number of carbonyl (C=O) groups excluding carboxylic acids is 1. The highest BCUT2D eigenvalue weighted by molar-refractivity contribution is 5.96. The van der Waals surface area contributed by atoms with Crippen molar-refractivity contribution in [3.8, 4) is 0 Å². The van der Waals surface area contributed by atoms with Crippen LogP contribution < -0.4 is 4.90 Å². The molecule has 0 spiro atoms. The zero-order valence-electron chi connectivity index (χ0n) is 9.26. The van der Waals surface area contributed by atoms with Crippen LogP contribution in [0.5, 0.6) is 0 Å². The van der Waals surface area contributed by atoms with Gasteiger partial charge >= 0.3 is 6.67 Å². The Bertz CT molecular complexity index is 450. The summed E-state index contributed by atoms with van der Waals surface area (Å²) in [5.41, 5.74) is 2.01. The zero-order valence-corrected chi connectivity index (χ0v) is 9.26. The van der Waals surface area contributed by atoms with Crippen LogP contribution in [-0.2, 0) is 11.2 Å². The molecule has 0 fully saturated rings. The van der Waals surface area contributed by atoms with Crippen molar-refractivity contribution >= 4 is 11.6 Å². The maximum Gasteiger partial charge on any atom is 0.387 e. The summed E-state index contributed by atoms with van der Waals surface area (Å²) >= 11 is 0. The number of rotatable bonds is 1. The number of amides is 1. The molecular weight excluding hydrogens is 202 g/mol. The van der Waals surface area contributed by atoms with Gasteiger partial charge in [-0.2, -0.15) is 0 Å². The SMILES string of the molecule is CC1CCc2ccccc2N(C[N+]#N)C1=O. The molecule has 0 saturated heterocycles. The fourth-order valence-electron chi connectivity index (χ4n) is 2.07. The summed E-state index contributed by atoms with van der Waals surface area (Å²) in [7, 11) is 0. The van der Waals surface area contributed by atoms with E-state index in [1.54, 1.807) is 4.90 Å². The lowest BCUT2D eigenvalue weighted by Crippen LogP contribution is -2.34. The summed E-state index contributed by atoms with van der Waals surface area (Å²) in [6.45, 7) is 1.93. The highest BCUT2D eigenvalue weighted by Gasteiger charge is 2.30. The number of aryl methyl sites for hydroxylation is 1. The minimum atomic E-state index is -0.0193. The number of para-hydroxylation sites is 1. The average molecular weight is 216 g/mol. The van der Waals surface area contributed by atoms with Crippen LogP contribution in [0.15, 0.2) is 24.3 Å². The van der Waals surface area contributed by atoms with Gasteiger partial charge in [-0.1, -0.05) is 25.1 Å². The molecule has 1 aromatic rings. The first kappa shape index (κ1) is 10.6. The van der Waals surface area contributed by atoms with E-state index < -0.39 is 0 Å². The second-order valence-electron chi connectivity index (χ2n) is 4.12. The average Bonchev–Trinajstić information content (AvgIpc) is 2.42. The standard InChI is InChI=1S/C12H14N3O/c1-9-6-7-10-4-2-3-5-11(10)15(8-14-13)12(9)16/h2-5,9H,6-8H2,1H3/q+1. The number of diazo groups is 1. The Morgan fingerprint density at radius 1 is 1.50 bits per heavy atom. The van der Waals surface area contributed by atoms with Gasteiger partial charge in [-0.3, -0.25) is 4.79 Å². The topological polar surface area (TPSA) is 48.5 Å². The molecule has 4 nitrogen and oxygen atoms in total. The summed E-state index contributed by atoms with van der Waals surface area (Å²) in [5.74, 6) is 0.0110. The van der Waals surface area contributed by atoms with Crippen molar-refractivity contribution in [2.75, 3.05) is 11.6 Å². The number of nitrogens with zero attached hydrogens (tertiary/aromatic N) is 3. The van der Waals surface area contributed by atoms with Crippen molar-refractivity contribution in [1.82, 2.24) is 0 Å². The number of hydrogen-bond donors (Lipinski definition) is 0. The van der Waals surface area contributed by atoms with Crippen LogP contribution in [-0.4, -0.2) is 12.6 Å². The molecule has 4 heteroatoms. The van der Waals surface area contributed by atoms with E-state index in [0.717, 1.165) is 24.1 Å². The zero-order chi connectivity index (χ0) is 11.5. The second-order valence-corrected chi connectivity index (χ2v) is 4.12. The van der Waals surface area contributed by atoms with Crippen LogP contribution in [0.2, 0.25) is 0 Å². The normalized spacial score (nSPS) is 19.9. The van der Waals surface area contributed by atoms with Crippen LogP contribution in [0, 0.1) is 11.3 Å². The van der Waals surface area contributed by atoms with Gasteiger partial charge in [-0.15, -0.1) is 0 Å². The quantitative estimate of drug-likeness (QED) is 0.677. The highest BCUT2D eigenvalue weighted by Crippen LogP contribution is 2.28. The van der Waals surface area contributed by atoms with Crippen LogP contribution >= 0.6 is 0 Å². The van der Waals surface area contributed by atoms with Crippen molar-refractivity contribution in [2.24, 2.45) is 5.92 Å². The van der Waals surface area contributed by atoms with E-state index in [0.29, 0.717) is 0 Å². The largest absolute Gasteiger partial charge is 0.387 e. The number of carbonyl (C=O) groups is 1. The monoisotopic (exact) mass is 216 g/mol. The minimum absolute atomic E-state index is 0.0141. The first-order valence-corrected chi connectivity index (χ1v) is 5.44. The van der Waals surface area contributed by atoms with Crippen LogP contribution in [0.1, 0.15) is 18.9 Å². The Labute approximate surface area is 94.5 Å². The molecule has 0 bridgehead atoms. The number of hydrogen-bond acceptors (Lipinski definition) is 2. The van der Waals surface area contributed by atoms with Crippen molar-refractivity contribution in [3.05, 3.63) is 34.8 Å². The molecule has 1 aromatic carbocycles. The molecule has 0 saturated carbocycles. The minimum Gasteiger partial charge on any atom is -0.274 e. The van der Waals surface area contributed by atoms with E-state index in [9.17, 15) is 4.79 Å². The van der Waals surface area contributed by atoms with E-state index in [4.69, 9.17) is 5.39 Å². The summed E-state index contributed by atoms with van der Waals surface area (Å²) < 4.78 is 0. The first-order valence-electron chi connectivity index (χ1n) is 5.44. The van der Waals surface area contributed by atoms with Gasteiger partial charge in [0.1, 0.15) is 4.98 Å². The molecule has 0 radical (unpaired) electrons. The van der Waals surface area contributed by atoms with Crippen molar-refractivity contribution in [3.63, 3.8) is 0 Å². The summed E-state index contributed by atoms with van der Waals surface area (Å²) in [6.07, 6.45) is 1.74. The molecule has 2 rings (SSSR count). The Morgan fingerprint density at radius 2 is 2.25 bits per heavy atom. The molecule has 1 aliphatic heterocycles. The lowest BCUT2D eigenvalue weighted by atomic mass is 10.0. The molecule has 0 aromatic heterocycles. The lowest BCUT2D eigenvalue weighted by molar-refractivity contribution is -0.121. The fourth-order valence-corrected chi connectivity index (χ4v) is 2.07. The predicted octanol–water partition coefficient (Wildman–Crippen LogP) is 2.41. The van der Waals surface area contributed by atoms with Gasteiger partial charge in [0.25, 0.3) is 0 Å². The van der Waals surface area contributed by atoms with Crippen molar-refractivity contribution < 1.29 is 4.79 Å². The molecule has 0 N–H and O–H groups in total. The molecule has 16 heavy (non-hydrogen) atoms. The van der Waals surface area contributed by atoms with Gasteiger partial charge in [0, 0.05) is 5.92 Å². The summed E-state index contributed by atoms with van der Waals surface area (Å²) in [6, 6.07) is 7.78. The molecule has 1 amide bonds. The van der Waals surface area contributed by atoms with E-state index in [1.165, 1.54) is 0 Å². The highest BCUT2D eigenvalue weighted by atomic mass is 16.2. The second kappa shape index (κ2) is 4.31. The van der Waals surface area contributed by atoms with E-state index in [2.05, 4.69) is 4.98 Å². The van der Waals surface area contributed by atoms with E-state index in [-0.39, 0.29) is 18.5 Å². The fraction of sp³-hybridized carbons (Fsp3) is 0.417. The maximum atomic E-state index is 12.1. The smallest absolute Gasteiger partial charge is 0.274 e. The summed E-state index contributed by atoms with van der Waals surface area (Å²) in [4.78, 5) is 16.7. The maximum absolute atomic E-state index is 12.1. The number of benzene rings is 1. The first-order chi connectivity index (χ1) is 7.74. The van der Waals surface area contributed by atoms with Gasteiger partial charge < -0.3 is 0 Å². The Kier molecular flexibility index (Phi) is 2.86. The van der Waals surface area contributed by atoms with E-state index in [1.807, 2.05) is 31.2 Å². The third kappa shape index (κ3) is 1.76. The Morgan fingerprint density at radius 3 is 3.00 bits per heavy atom. The molecule has 1 atom stereocenters. The number of anilines is 1. The lowest BCUT2D eigenvalue weighted by Gasteiger charge is -2.16. The molecule has 1 heterocycles. The molecule has 0 aliphatic carbocycles. The molecule has 82 valence electrons. The Hall–Kier alpha value is -1.89.